The minimum absolute atomic E-state index is 0.0292. The highest BCUT2D eigenvalue weighted by Gasteiger charge is 2.21. The van der Waals surface area contributed by atoms with Gasteiger partial charge in [0.05, 0.1) is 12.0 Å². The first-order valence-electron chi connectivity index (χ1n) is 5.91. The van der Waals surface area contributed by atoms with Gasteiger partial charge < -0.3 is 19.9 Å². The first kappa shape index (κ1) is 15.7. The molecule has 0 bridgehead atoms. The van der Waals surface area contributed by atoms with Crippen molar-refractivity contribution in [3.8, 4) is 11.5 Å². The molecule has 2 N–H and O–H groups in total. The van der Waals surface area contributed by atoms with Crippen LogP contribution in [0.2, 0.25) is 0 Å². The molecule has 1 aromatic rings. The Balaban J connectivity index is 2.89. The van der Waals surface area contributed by atoms with E-state index < -0.39 is 16.9 Å². The van der Waals surface area contributed by atoms with E-state index in [1.54, 1.807) is 6.92 Å². The third-order valence-electron chi connectivity index (χ3n) is 2.52. The first-order valence-corrected chi connectivity index (χ1v) is 5.91. The van der Waals surface area contributed by atoms with Gasteiger partial charge in [0.2, 0.25) is 5.75 Å². The molecular weight excluding hydrogens is 268 g/mol. The van der Waals surface area contributed by atoms with Gasteiger partial charge in [-0.3, -0.25) is 14.9 Å². The molecule has 1 atom stereocenters. The van der Waals surface area contributed by atoms with Crippen LogP contribution in [-0.4, -0.2) is 42.3 Å². The van der Waals surface area contributed by atoms with Crippen LogP contribution in [0, 0.1) is 10.1 Å². The van der Waals surface area contributed by atoms with Gasteiger partial charge in [-0.25, -0.2) is 0 Å². The van der Waals surface area contributed by atoms with Crippen LogP contribution in [0.1, 0.15) is 6.92 Å². The Morgan fingerprint density at radius 3 is 2.75 bits per heavy atom. The minimum Gasteiger partial charge on any atom is -0.497 e. The summed E-state index contributed by atoms with van der Waals surface area (Å²) in [5.41, 5.74) is -0.244. The molecule has 0 aliphatic heterocycles. The Labute approximate surface area is 115 Å². The van der Waals surface area contributed by atoms with Crippen molar-refractivity contribution in [2.45, 2.75) is 13.0 Å². The Kier molecular flexibility index (Phi) is 5.73. The molecule has 1 rings (SSSR count). The number of nitro benzene ring substituents is 1. The van der Waals surface area contributed by atoms with Crippen LogP contribution < -0.4 is 14.8 Å². The SMILES string of the molecule is CCNC(COc1cc(OC)ccc1[N+](=O)[O-])C(=O)O. The van der Waals surface area contributed by atoms with E-state index in [0.29, 0.717) is 12.3 Å². The van der Waals surface area contributed by atoms with Crippen molar-refractivity contribution in [3.63, 3.8) is 0 Å². The standard InChI is InChI=1S/C12H16N2O6/c1-3-13-9(12(15)16)7-20-11-6-8(19-2)4-5-10(11)14(17)18/h4-6,9,13H,3,7H2,1-2H3,(H,15,16). The van der Waals surface area contributed by atoms with Crippen LogP contribution in [-0.2, 0) is 4.79 Å². The maximum atomic E-state index is 11.0. The highest BCUT2D eigenvalue weighted by Crippen LogP contribution is 2.31. The highest BCUT2D eigenvalue weighted by molar-refractivity contribution is 5.73. The van der Waals surface area contributed by atoms with Gasteiger partial charge in [0.1, 0.15) is 18.4 Å². The summed E-state index contributed by atoms with van der Waals surface area (Å²) in [6.45, 7) is 1.97. The first-order chi connectivity index (χ1) is 9.49. The van der Waals surface area contributed by atoms with Gasteiger partial charge in [0.25, 0.3) is 0 Å². The van der Waals surface area contributed by atoms with Crippen LogP contribution in [0.25, 0.3) is 0 Å². The Hall–Kier alpha value is -2.35. The van der Waals surface area contributed by atoms with Gasteiger partial charge in [0, 0.05) is 12.1 Å². The Morgan fingerprint density at radius 1 is 1.55 bits per heavy atom. The minimum atomic E-state index is -1.09. The van der Waals surface area contributed by atoms with Gasteiger partial charge in [-0.1, -0.05) is 6.92 Å². The molecule has 0 amide bonds. The maximum absolute atomic E-state index is 11.0. The van der Waals surface area contributed by atoms with Crippen molar-refractivity contribution in [1.29, 1.82) is 0 Å². The largest absolute Gasteiger partial charge is 0.497 e. The van der Waals surface area contributed by atoms with E-state index >= 15 is 0 Å². The zero-order chi connectivity index (χ0) is 15.1. The van der Waals surface area contributed by atoms with E-state index in [2.05, 4.69) is 5.32 Å². The number of rotatable bonds is 8. The number of aliphatic carboxylic acids is 1. The van der Waals surface area contributed by atoms with Crippen LogP contribution in [0.3, 0.4) is 0 Å². The number of nitrogens with zero attached hydrogens (tertiary/aromatic N) is 1. The number of carbonyl (C=O) groups is 1. The summed E-state index contributed by atoms with van der Waals surface area (Å²) in [6.07, 6.45) is 0. The predicted octanol–water partition coefficient (Wildman–Crippen LogP) is 1.04. The van der Waals surface area contributed by atoms with Crippen LogP contribution in [0.15, 0.2) is 18.2 Å². The normalized spacial score (nSPS) is 11.7. The fourth-order valence-electron chi connectivity index (χ4n) is 1.52. The summed E-state index contributed by atoms with van der Waals surface area (Å²) < 4.78 is 10.2. The van der Waals surface area contributed by atoms with Gasteiger partial charge in [-0.15, -0.1) is 0 Å². The van der Waals surface area contributed by atoms with Gasteiger partial charge in [-0.2, -0.15) is 0 Å². The molecule has 1 aromatic carbocycles. The summed E-state index contributed by atoms with van der Waals surface area (Å²) >= 11 is 0. The van der Waals surface area contributed by atoms with E-state index in [1.807, 2.05) is 0 Å². The summed E-state index contributed by atoms with van der Waals surface area (Å²) in [5.74, 6) is -0.725. The van der Waals surface area contributed by atoms with Crippen LogP contribution >= 0.6 is 0 Å². The second-order valence-corrected chi connectivity index (χ2v) is 3.85. The quantitative estimate of drug-likeness (QED) is 0.542. The molecule has 20 heavy (non-hydrogen) atoms. The number of methoxy groups -OCH3 is 1. The van der Waals surface area contributed by atoms with Gasteiger partial charge >= 0.3 is 11.7 Å². The fraction of sp³-hybridized carbons (Fsp3) is 0.417. The number of nitrogens with one attached hydrogen (secondary N) is 1. The number of likely N-dealkylation sites (N-methyl/N-ethyl adjacent to an activating group) is 1. The number of ether oxygens (including phenoxy) is 2. The number of benzene rings is 1. The topological polar surface area (TPSA) is 111 Å². The number of hydrogen-bond acceptors (Lipinski definition) is 6. The average molecular weight is 284 g/mol. The van der Waals surface area contributed by atoms with Crippen LogP contribution in [0.4, 0.5) is 5.69 Å². The molecular formula is C12H16N2O6. The van der Waals surface area contributed by atoms with Crippen molar-refractivity contribution in [1.82, 2.24) is 5.32 Å². The lowest BCUT2D eigenvalue weighted by Gasteiger charge is -2.14. The van der Waals surface area contributed by atoms with Crippen LogP contribution in [0.5, 0.6) is 11.5 Å². The second kappa shape index (κ2) is 7.29. The molecule has 0 heterocycles. The maximum Gasteiger partial charge on any atom is 0.324 e. The molecule has 0 aromatic heterocycles. The summed E-state index contributed by atoms with van der Waals surface area (Å²) in [5, 5.41) is 22.5. The molecule has 0 saturated carbocycles. The molecule has 0 fully saturated rings. The average Bonchev–Trinajstić information content (AvgIpc) is 2.42. The Morgan fingerprint density at radius 2 is 2.25 bits per heavy atom. The fourth-order valence-corrected chi connectivity index (χ4v) is 1.52. The van der Waals surface area contributed by atoms with Gasteiger partial charge in [-0.05, 0) is 12.6 Å². The van der Waals surface area contributed by atoms with Crippen molar-refractivity contribution in [2.75, 3.05) is 20.3 Å². The van der Waals surface area contributed by atoms with Crippen molar-refractivity contribution >= 4 is 11.7 Å². The van der Waals surface area contributed by atoms with E-state index in [-0.39, 0.29) is 18.0 Å². The second-order valence-electron chi connectivity index (χ2n) is 3.85. The Bertz CT molecular complexity index is 491. The third-order valence-corrected chi connectivity index (χ3v) is 2.52. The van der Waals surface area contributed by atoms with Crippen molar-refractivity contribution in [2.24, 2.45) is 0 Å². The summed E-state index contributed by atoms with van der Waals surface area (Å²) in [4.78, 5) is 21.2. The molecule has 0 saturated heterocycles. The summed E-state index contributed by atoms with van der Waals surface area (Å²) in [7, 11) is 1.42. The highest BCUT2D eigenvalue weighted by atomic mass is 16.6. The number of nitro groups is 1. The monoisotopic (exact) mass is 284 g/mol. The molecule has 0 radical (unpaired) electrons. The molecule has 0 aliphatic carbocycles. The van der Waals surface area contributed by atoms with E-state index in [0.717, 1.165) is 0 Å². The third kappa shape index (κ3) is 4.09. The van der Waals surface area contributed by atoms with Crippen molar-refractivity contribution < 1.29 is 24.3 Å². The van der Waals surface area contributed by atoms with Crippen molar-refractivity contribution in [3.05, 3.63) is 28.3 Å². The zero-order valence-corrected chi connectivity index (χ0v) is 11.2. The lowest BCUT2D eigenvalue weighted by molar-refractivity contribution is -0.385. The molecule has 1 unspecified atom stereocenters. The molecule has 0 spiro atoms. The lowest BCUT2D eigenvalue weighted by Crippen LogP contribution is -2.41. The van der Waals surface area contributed by atoms with Gasteiger partial charge in [0.15, 0.2) is 0 Å². The molecule has 8 heteroatoms. The molecule has 110 valence electrons. The van der Waals surface area contributed by atoms with E-state index in [4.69, 9.17) is 14.6 Å². The molecule has 0 aliphatic rings. The van der Waals surface area contributed by atoms with E-state index in [1.165, 1.54) is 25.3 Å². The number of hydrogen-bond donors (Lipinski definition) is 2. The number of carboxylic acids is 1. The molecule has 8 nitrogen and oxygen atoms in total. The zero-order valence-electron chi connectivity index (χ0n) is 11.2. The smallest absolute Gasteiger partial charge is 0.324 e. The number of carboxylic acid groups (broad SMARTS) is 1. The summed E-state index contributed by atoms with van der Waals surface area (Å²) in [6, 6.07) is 3.09. The lowest BCUT2D eigenvalue weighted by atomic mass is 10.2. The van der Waals surface area contributed by atoms with E-state index in [9.17, 15) is 14.9 Å². The predicted molar refractivity (Wildman–Crippen MR) is 70.2 cm³/mol.